The highest BCUT2D eigenvalue weighted by molar-refractivity contribution is 5.24. The number of morpholine rings is 1. The van der Waals surface area contributed by atoms with Crippen molar-refractivity contribution >= 4 is 0 Å². The van der Waals surface area contributed by atoms with Crippen molar-refractivity contribution in [1.82, 2.24) is 4.90 Å². The molecule has 1 rings (SSSR count). The lowest BCUT2D eigenvalue weighted by Gasteiger charge is -2.35. The minimum absolute atomic E-state index is 0.477. The third-order valence-electron chi connectivity index (χ3n) is 3.09. The van der Waals surface area contributed by atoms with Gasteiger partial charge in [0.1, 0.15) is 0 Å². The summed E-state index contributed by atoms with van der Waals surface area (Å²) in [5.74, 6) is 0. The molecule has 1 heterocycles. The van der Waals surface area contributed by atoms with Crippen molar-refractivity contribution in [2.24, 2.45) is 0 Å². The molecule has 0 radical (unpaired) electrons. The molecule has 1 fully saturated rings. The molecule has 1 aliphatic heterocycles. The van der Waals surface area contributed by atoms with Crippen LogP contribution in [0.5, 0.6) is 0 Å². The fourth-order valence-corrected chi connectivity index (χ4v) is 2.17. The summed E-state index contributed by atoms with van der Waals surface area (Å²) in [6.07, 6.45) is 10.7. The van der Waals surface area contributed by atoms with E-state index in [9.17, 15) is 0 Å². The maximum Gasteiger partial charge on any atom is 0.0594 e. The molecule has 2 heteroatoms. The zero-order valence-corrected chi connectivity index (χ0v) is 11.2. The van der Waals surface area contributed by atoms with E-state index in [2.05, 4.69) is 30.6 Å². The Balaban J connectivity index is 2.59. The van der Waals surface area contributed by atoms with E-state index in [4.69, 9.17) is 4.74 Å². The van der Waals surface area contributed by atoms with Gasteiger partial charge < -0.3 is 4.74 Å². The van der Waals surface area contributed by atoms with Gasteiger partial charge in [0, 0.05) is 19.1 Å². The first-order valence-electron chi connectivity index (χ1n) is 6.59. The van der Waals surface area contributed by atoms with E-state index in [0.717, 1.165) is 26.3 Å². The SMILES string of the molecule is C=C(/C=C\C=C/C)C(CCC)N1CCOCC1. The maximum absolute atomic E-state index is 5.41. The van der Waals surface area contributed by atoms with E-state index in [1.165, 1.54) is 18.4 Å². The third-order valence-corrected chi connectivity index (χ3v) is 3.09. The molecule has 0 amide bonds. The smallest absolute Gasteiger partial charge is 0.0594 e. The largest absolute Gasteiger partial charge is 0.379 e. The Morgan fingerprint density at radius 2 is 2.06 bits per heavy atom. The van der Waals surface area contributed by atoms with Gasteiger partial charge in [-0.2, -0.15) is 0 Å². The second-order valence-corrected chi connectivity index (χ2v) is 4.41. The fraction of sp³-hybridized carbons (Fsp3) is 0.600. The Hall–Kier alpha value is -0.860. The molecule has 1 unspecified atom stereocenters. The van der Waals surface area contributed by atoms with Gasteiger partial charge >= 0.3 is 0 Å². The molecule has 0 spiro atoms. The van der Waals surface area contributed by atoms with Crippen molar-refractivity contribution in [3.63, 3.8) is 0 Å². The molecule has 0 aliphatic carbocycles. The molecule has 2 nitrogen and oxygen atoms in total. The summed E-state index contributed by atoms with van der Waals surface area (Å²) in [6, 6.07) is 0.477. The minimum atomic E-state index is 0.477. The van der Waals surface area contributed by atoms with Crippen molar-refractivity contribution in [3.8, 4) is 0 Å². The number of allylic oxidation sites excluding steroid dienone is 3. The lowest BCUT2D eigenvalue weighted by Crippen LogP contribution is -2.44. The van der Waals surface area contributed by atoms with Crippen LogP contribution in [0.15, 0.2) is 36.5 Å². The molecule has 1 saturated heterocycles. The summed E-state index contributed by atoms with van der Waals surface area (Å²) in [4.78, 5) is 2.50. The van der Waals surface area contributed by atoms with Crippen molar-refractivity contribution in [2.75, 3.05) is 26.3 Å². The monoisotopic (exact) mass is 235 g/mol. The van der Waals surface area contributed by atoms with E-state index >= 15 is 0 Å². The summed E-state index contributed by atoms with van der Waals surface area (Å²) in [7, 11) is 0. The molecule has 0 aromatic rings. The summed E-state index contributed by atoms with van der Waals surface area (Å²) >= 11 is 0. The van der Waals surface area contributed by atoms with Gasteiger partial charge in [0.25, 0.3) is 0 Å². The number of hydrogen-bond donors (Lipinski definition) is 0. The quantitative estimate of drug-likeness (QED) is 0.656. The van der Waals surface area contributed by atoms with Crippen molar-refractivity contribution in [3.05, 3.63) is 36.5 Å². The molecular weight excluding hydrogens is 210 g/mol. The molecule has 96 valence electrons. The number of rotatable bonds is 6. The summed E-state index contributed by atoms with van der Waals surface area (Å²) in [6.45, 7) is 12.2. The molecular formula is C15H25NO. The van der Waals surface area contributed by atoms with Crippen molar-refractivity contribution in [1.29, 1.82) is 0 Å². The molecule has 1 atom stereocenters. The Morgan fingerprint density at radius 3 is 2.65 bits per heavy atom. The van der Waals surface area contributed by atoms with Crippen LogP contribution in [0.4, 0.5) is 0 Å². The van der Waals surface area contributed by atoms with E-state index in [-0.39, 0.29) is 0 Å². The lowest BCUT2D eigenvalue weighted by atomic mass is 10.0. The molecule has 0 bridgehead atoms. The third kappa shape index (κ3) is 4.88. The first kappa shape index (κ1) is 14.2. The number of hydrogen-bond acceptors (Lipinski definition) is 2. The van der Waals surface area contributed by atoms with Crippen LogP contribution in [0.25, 0.3) is 0 Å². The van der Waals surface area contributed by atoms with Crippen LogP contribution in [0.3, 0.4) is 0 Å². The van der Waals surface area contributed by atoms with Crippen LogP contribution >= 0.6 is 0 Å². The van der Waals surface area contributed by atoms with Gasteiger partial charge in [0.05, 0.1) is 13.2 Å². The number of ether oxygens (including phenoxy) is 1. The molecule has 0 saturated carbocycles. The molecule has 0 N–H and O–H groups in total. The van der Waals surface area contributed by atoms with Crippen LogP contribution in [0.1, 0.15) is 26.7 Å². The average molecular weight is 235 g/mol. The van der Waals surface area contributed by atoms with Crippen LogP contribution in [0, 0.1) is 0 Å². The molecule has 17 heavy (non-hydrogen) atoms. The Kier molecular flexibility index (Phi) is 6.90. The summed E-state index contributed by atoms with van der Waals surface area (Å²) < 4.78 is 5.41. The zero-order chi connectivity index (χ0) is 12.5. The first-order chi connectivity index (χ1) is 8.29. The average Bonchev–Trinajstić information content (AvgIpc) is 2.37. The van der Waals surface area contributed by atoms with Gasteiger partial charge in [-0.15, -0.1) is 0 Å². The predicted octanol–water partition coefficient (Wildman–Crippen LogP) is 3.18. The second-order valence-electron chi connectivity index (χ2n) is 4.41. The van der Waals surface area contributed by atoms with E-state index < -0.39 is 0 Å². The van der Waals surface area contributed by atoms with Crippen LogP contribution < -0.4 is 0 Å². The molecule has 0 aromatic heterocycles. The summed E-state index contributed by atoms with van der Waals surface area (Å²) in [5, 5.41) is 0. The highest BCUT2D eigenvalue weighted by atomic mass is 16.5. The topological polar surface area (TPSA) is 12.5 Å². The van der Waals surface area contributed by atoms with Crippen LogP contribution in [-0.4, -0.2) is 37.2 Å². The maximum atomic E-state index is 5.41. The van der Waals surface area contributed by atoms with E-state index in [1.807, 2.05) is 19.1 Å². The second kappa shape index (κ2) is 8.26. The van der Waals surface area contributed by atoms with Gasteiger partial charge in [0.2, 0.25) is 0 Å². The van der Waals surface area contributed by atoms with Crippen LogP contribution in [0.2, 0.25) is 0 Å². The highest BCUT2D eigenvalue weighted by Gasteiger charge is 2.21. The molecule has 0 aromatic carbocycles. The lowest BCUT2D eigenvalue weighted by molar-refractivity contribution is 0.0226. The fourth-order valence-electron chi connectivity index (χ4n) is 2.17. The standard InChI is InChI=1S/C15H25NO/c1-4-6-7-9-14(3)15(8-5-2)16-10-12-17-13-11-16/h4,6-7,9,15H,3,5,8,10-13H2,1-2H3/b6-4-,9-7-. The van der Waals surface area contributed by atoms with E-state index in [0.29, 0.717) is 6.04 Å². The van der Waals surface area contributed by atoms with Gasteiger partial charge in [0.15, 0.2) is 0 Å². The highest BCUT2D eigenvalue weighted by Crippen LogP contribution is 2.17. The van der Waals surface area contributed by atoms with Gasteiger partial charge in [-0.3, -0.25) is 4.90 Å². The van der Waals surface area contributed by atoms with Gasteiger partial charge in [-0.1, -0.05) is 44.2 Å². The summed E-state index contributed by atoms with van der Waals surface area (Å²) in [5.41, 5.74) is 1.21. The van der Waals surface area contributed by atoms with Crippen molar-refractivity contribution in [2.45, 2.75) is 32.7 Å². The van der Waals surface area contributed by atoms with E-state index in [1.54, 1.807) is 0 Å². The van der Waals surface area contributed by atoms with Gasteiger partial charge in [-0.05, 0) is 18.9 Å². The van der Waals surface area contributed by atoms with Crippen LogP contribution in [-0.2, 0) is 4.74 Å². The normalized spacial score (nSPS) is 20.1. The Morgan fingerprint density at radius 1 is 1.35 bits per heavy atom. The Bertz CT molecular complexity index is 275. The van der Waals surface area contributed by atoms with Gasteiger partial charge in [-0.25, -0.2) is 0 Å². The predicted molar refractivity (Wildman–Crippen MR) is 74.2 cm³/mol. The minimum Gasteiger partial charge on any atom is -0.379 e. The number of nitrogens with zero attached hydrogens (tertiary/aromatic N) is 1. The Labute approximate surface area is 106 Å². The molecule has 1 aliphatic rings. The first-order valence-corrected chi connectivity index (χ1v) is 6.59. The zero-order valence-electron chi connectivity index (χ0n) is 11.2. The van der Waals surface area contributed by atoms with Crippen molar-refractivity contribution < 1.29 is 4.74 Å².